The molecule has 0 aliphatic heterocycles. The van der Waals surface area contributed by atoms with Crippen LogP contribution < -0.4 is 0 Å². The molecular weight excluding hydrogens is 206 g/mol. The molecule has 0 radical (unpaired) electrons. The van der Waals surface area contributed by atoms with E-state index in [0.29, 0.717) is 0 Å². The molecule has 4 heteroatoms. The van der Waals surface area contributed by atoms with E-state index in [2.05, 4.69) is 24.5 Å². The summed E-state index contributed by atoms with van der Waals surface area (Å²) < 4.78 is 0. The predicted molar refractivity (Wildman–Crippen MR) is 61.3 cm³/mol. The van der Waals surface area contributed by atoms with Crippen molar-refractivity contribution in [2.45, 2.75) is 24.9 Å². The monoisotopic (exact) mass is 219 g/mol. The fraction of sp³-hybridized carbons (Fsp3) is 0.625. The second-order valence-electron chi connectivity index (χ2n) is 2.43. The zero-order valence-electron chi connectivity index (χ0n) is 7.12. The molecule has 1 aromatic rings. The van der Waals surface area contributed by atoms with Crippen LogP contribution >= 0.6 is 35.7 Å². The third-order valence-corrected chi connectivity index (χ3v) is 4.24. The minimum Gasteiger partial charge on any atom is -0.248 e. The molecule has 0 bridgehead atoms. The highest BCUT2D eigenvalue weighted by molar-refractivity contribution is 7.98. The van der Waals surface area contributed by atoms with E-state index in [1.807, 2.05) is 18.0 Å². The number of nitrogens with zero attached hydrogens (tertiary/aromatic N) is 1. The maximum absolute atomic E-state index is 4.31. The smallest absolute Gasteiger partial charge is 0.103 e. The Balaban J connectivity index is 2.31. The van der Waals surface area contributed by atoms with Gasteiger partial charge in [0.1, 0.15) is 5.01 Å². The van der Waals surface area contributed by atoms with Gasteiger partial charge < -0.3 is 0 Å². The highest BCUT2D eigenvalue weighted by atomic mass is 32.2. The summed E-state index contributed by atoms with van der Waals surface area (Å²) in [7, 11) is 0. The Kier molecular flexibility index (Phi) is 5.11. The SMILES string of the molecule is CCCSCc1ncc(CS)s1. The standard InChI is InChI=1S/C8H13NS3/c1-2-3-11-6-8-9-4-7(5-10)12-8/h4,10H,2-3,5-6H2,1H3. The van der Waals surface area contributed by atoms with Gasteiger partial charge in [-0.05, 0) is 12.2 Å². The molecular formula is C8H13NS3. The molecule has 0 aliphatic carbocycles. The molecule has 1 aromatic heterocycles. The van der Waals surface area contributed by atoms with Crippen molar-refractivity contribution in [2.75, 3.05) is 5.75 Å². The van der Waals surface area contributed by atoms with E-state index in [4.69, 9.17) is 0 Å². The molecule has 0 saturated heterocycles. The average Bonchev–Trinajstić information content (AvgIpc) is 2.53. The topological polar surface area (TPSA) is 12.9 Å². The van der Waals surface area contributed by atoms with E-state index < -0.39 is 0 Å². The summed E-state index contributed by atoms with van der Waals surface area (Å²) in [4.78, 5) is 5.58. The summed E-state index contributed by atoms with van der Waals surface area (Å²) in [6.45, 7) is 2.20. The lowest BCUT2D eigenvalue weighted by molar-refractivity contribution is 1.10. The van der Waals surface area contributed by atoms with Gasteiger partial charge in [-0.25, -0.2) is 4.98 Å². The van der Waals surface area contributed by atoms with Gasteiger partial charge in [0.15, 0.2) is 0 Å². The summed E-state index contributed by atoms with van der Waals surface area (Å²) in [6, 6.07) is 0. The molecule has 0 spiro atoms. The number of rotatable bonds is 5. The second kappa shape index (κ2) is 5.89. The van der Waals surface area contributed by atoms with Crippen molar-refractivity contribution in [1.82, 2.24) is 4.98 Å². The fourth-order valence-electron chi connectivity index (χ4n) is 0.792. The number of thiazole rings is 1. The van der Waals surface area contributed by atoms with Crippen LogP contribution in [0, 0.1) is 0 Å². The van der Waals surface area contributed by atoms with E-state index in [-0.39, 0.29) is 0 Å². The first kappa shape index (κ1) is 10.4. The van der Waals surface area contributed by atoms with E-state index in [0.717, 1.165) is 11.5 Å². The lowest BCUT2D eigenvalue weighted by Crippen LogP contribution is -1.78. The van der Waals surface area contributed by atoms with Crippen LogP contribution in [-0.4, -0.2) is 10.7 Å². The van der Waals surface area contributed by atoms with Crippen molar-refractivity contribution in [3.05, 3.63) is 16.1 Å². The van der Waals surface area contributed by atoms with E-state index in [1.54, 1.807) is 11.3 Å². The Labute approximate surface area is 87.4 Å². The van der Waals surface area contributed by atoms with Crippen LogP contribution in [0.4, 0.5) is 0 Å². The van der Waals surface area contributed by atoms with Crippen molar-refractivity contribution in [3.8, 4) is 0 Å². The van der Waals surface area contributed by atoms with E-state index >= 15 is 0 Å². The maximum atomic E-state index is 4.31. The average molecular weight is 219 g/mol. The Bertz CT molecular complexity index is 222. The van der Waals surface area contributed by atoms with Gasteiger partial charge in [0.25, 0.3) is 0 Å². The molecule has 1 nitrogen and oxygen atoms in total. The van der Waals surface area contributed by atoms with Crippen molar-refractivity contribution in [2.24, 2.45) is 0 Å². The molecule has 0 aromatic carbocycles. The van der Waals surface area contributed by atoms with Crippen LogP contribution in [0.1, 0.15) is 23.2 Å². The molecule has 1 rings (SSSR count). The first-order chi connectivity index (χ1) is 5.86. The molecule has 12 heavy (non-hydrogen) atoms. The Morgan fingerprint density at radius 1 is 1.67 bits per heavy atom. The van der Waals surface area contributed by atoms with Crippen molar-refractivity contribution < 1.29 is 0 Å². The van der Waals surface area contributed by atoms with Gasteiger partial charge in [-0.1, -0.05) is 6.92 Å². The van der Waals surface area contributed by atoms with Crippen LogP contribution in [0.15, 0.2) is 6.20 Å². The normalized spacial score (nSPS) is 10.5. The zero-order valence-corrected chi connectivity index (χ0v) is 9.64. The quantitative estimate of drug-likeness (QED) is 0.603. The summed E-state index contributed by atoms with van der Waals surface area (Å²) >= 11 is 7.92. The lowest BCUT2D eigenvalue weighted by atomic mass is 10.6. The highest BCUT2D eigenvalue weighted by Gasteiger charge is 1.99. The lowest BCUT2D eigenvalue weighted by Gasteiger charge is -1.93. The van der Waals surface area contributed by atoms with E-state index in [1.165, 1.54) is 22.1 Å². The van der Waals surface area contributed by atoms with Gasteiger partial charge in [-0.3, -0.25) is 0 Å². The Morgan fingerprint density at radius 3 is 3.08 bits per heavy atom. The third-order valence-electron chi connectivity index (χ3n) is 1.33. The highest BCUT2D eigenvalue weighted by Crippen LogP contribution is 2.19. The number of thioether (sulfide) groups is 1. The minimum atomic E-state index is 0.816. The van der Waals surface area contributed by atoms with Crippen molar-refractivity contribution in [3.63, 3.8) is 0 Å². The van der Waals surface area contributed by atoms with Gasteiger partial charge in [-0.2, -0.15) is 24.4 Å². The first-order valence-corrected chi connectivity index (χ1v) is 6.59. The maximum Gasteiger partial charge on any atom is 0.103 e. The van der Waals surface area contributed by atoms with Gasteiger partial charge in [0, 0.05) is 22.6 Å². The third kappa shape index (κ3) is 3.37. The largest absolute Gasteiger partial charge is 0.248 e. The first-order valence-electron chi connectivity index (χ1n) is 3.99. The number of thiol groups is 1. The molecule has 0 N–H and O–H groups in total. The minimum absolute atomic E-state index is 0.816. The summed E-state index contributed by atoms with van der Waals surface area (Å²) in [5.74, 6) is 3.11. The summed E-state index contributed by atoms with van der Waals surface area (Å²) in [5, 5.41) is 1.23. The van der Waals surface area contributed by atoms with Gasteiger partial charge in [0.05, 0.1) is 0 Å². The number of hydrogen-bond acceptors (Lipinski definition) is 4. The van der Waals surface area contributed by atoms with Crippen molar-refractivity contribution >= 4 is 35.7 Å². The molecule has 0 unspecified atom stereocenters. The zero-order chi connectivity index (χ0) is 8.81. The number of hydrogen-bond donors (Lipinski definition) is 1. The Morgan fingerprint density at radius 2 is 2.50 bits per heavy atom. The van der Waals surface area contributed by atoms with Crippen molar-refractivity contribution in [1.29, 1.82) is 0 Å². The van der Waals surface area contributed by atoms with Gasteiger partial charge >= 0.3 is 0 Å². The van der Waals surface area contributed by atoms with E-state index in [9.17, 15) is 0 Å². The van der Waals surface area contributed by atoms with Gasteiger partial charge in [0.2, 0.25) is 0 Å². The molecule has 0 fully saturated rings. The van der Waals surface area contributed by atoms with Crippen LogP contribution in [0.5, 0.6) is 0 Å². The van der Waals surface area contributed by atoms with Crippen LogP contribution in [0.25, 0.3) is 0 Å². The van der Waals surface area contributed by atoms with Crippen LogP contribution in [0.3, 0.4) is 0 Å². The van der Waals surface area contributed by atoms with Crippen LogP contribution in [0.2, 0.25) is 0 Å². The summed E-state index contributed by atoms with van der Waals surface area (Å²) in [6.07, 6.45) is 3.18. The summed E-state index contributed by atoms with van der Waals surface area (Å²) in [5.41, 5.74) is 0. The number of aromatic nitrogens is 1. The predicted octanol–water partition coefficient (Wildman–Crippen LogP) is 3.22. The Hall–Kier alpha value is 0.330. The molecule has 0 aliphatic rings. The molecule has 0 amide bonds. The van der Waals surface area contributed by atoms with Crippen LogP contribution in [-0.2, 0) is 11.5 Å². The molecule has 0 saturated carbocycles. The fourth-order valence-corrected chi connectivity index (χ4v) is 2.81. The molecule has 1 heterocycles. The molecule has 68 valence electrons. The van der Waals surface area contributed by atoms with Gasteiger partial charge in [-0.15, -0.1) is 11.3 Å². The second-order valence-corrected chi connectivity index (χ2v) is 5.05. The molecule has 0 atom stereocenters.